The molecular weight excluding hydrogens is 672 g/mol. The molecule has 0 spiro atoms. The number of benzene rings is 2. The number of amides is 4. The summed E-state index contributed by atoms with van der Waals surface area (Å²) in [5.74, 6) is -6.95. The van der Waals surface area contributed by atoms with Gasteiger partial charge in [0.1, 0.15) is 5.75 Å². The first-order chi connectivity index (χ1) is 22.7. The van der Waals surface area contributed by atoms with Gasteiger partial charge in [-0.05, 0) is 55.0 Å². The maximum absolute atomic E-state index is 15.1. The summed E-state index contributed by atoms with van der Waals surface area (Å²) >= 11 is 12.5. The van der Waals surface area contributed by atoms with E-state index in [0.29, 0.717) is 44.6 Å². The number of carbonyl (C=O) groups excluding carboxylic acids is 4. The van der Waals surface area contributed by atoms with Crippen molar-refractivity contribution in [1.29, 1.82) is 0 Å². The lowest BCUT2D eigenvalue weighted by atomic mass is 9.49. The lowest BCUT2D eigenvalue weighted by molar-refractivity contribution is -0.140. The van der Waals surface area contributed by atoms with Crippen molar-refractivity contribution in [3.8, 4) is 5.75 Å². The van der Waals surface area contributed by atoms with Gasteiger partial charge in [0, 0.05) is 29.7 Å². The van der Waals surface area contributed by atoms with Crippen LogP contribution < -0.4 is 5.43 Å². The zero-order chi connectivity index (χ0) is 34.4. The highest BCUT2D eigenvalue weighted by Crippen LogP contribution is 2.65. The number of phenols is 1. The summed E-state index contributed by atoms with van der Waals surface area (Å²) in [5.41, 5.74) is 1.60. The molecule has 7 rings (SSSR count). The second-order valence-corrected chi connectivity index (χ2v) is 13.5. The van der Waals surface area contributed by atoms with E-state index in [1.54, 1.807) is 49.4 Å². The van der Waals surface area contributed by atoms with Crippen molar-refractivity contribution < 1.29 is 37.5 Å². The van der Waals surface area contributed by atoms with E-state index >= 15 is 4.79 Å². The van der Waals surface area contributed by atoms with Gasteiger partial charge in [-0.25, -0.2) is 4.98 Å². The van der Waals surface area contributed by atoms with E-state index in [4.69, 9.17) is 23.2 Å². The number of imide groups is 2. The lowest BCUT2D eigenvalue weighted by Crippen LogP contribution is -2.53. The first-order valence-electron chi connectivity index (χ1n) is 15.1. The summed E-state index contributed by atoms with van der Waals surface area (Å²) in [4.78, 5) is 61.2. The maximum atomic E-state index is 15.1. The number of nitrogens with one attached hydrogen (secondary N) is 1. The van der Waals surface area contributed by atoms with E-state index in [-0.39, 0.29) is 36.2 Å². The number of halogens is 5. The quantitative estimate of drug-likeness (QED) is 0.252. The molecule has 0 bridgehead atoms. The first-order valence-corrected chi connectivity index (χ1v) is 15.9. The first kappa shape index (κ1) is 32.1. The summed E-state index contributed by atoms with van der Waals surface area (Å²) in [5, 5.41) is 12.1. The maximum Gasteiger partial charge on any atom is 0.417 e. The predicted octanol–water partition coefficient (Wildman–Crippen LogP) is 6.04. The Kier molecular flexibility index (Phi) is 7.41. The Morgan fingerprint density at radius 1 is 1.00 bits per heavy atom. The van der Waals surface area contributed by atoms with Gasteiger partial charge in [0.25, 0.3) is 11.8 Å². The Labute approximate surface area is 282 Å². The summed E-state index contributed by atoms with van der Waals surface area (Å²) in [6.07, 6.45) is -2.15. The molecule has 6 atom stereocenters. The number of aromatic nitrogens is 1. The summed E-state index contributed by atoms with van der Waals surface area (Å²) < 4.78 is 40.1. The number of phenolic OH excluding ortho intramolecular Hbond substituents is 1. The number of aromatic hydroxyl groups is 1. The number of allylic oxidation sites excluding steroid dienone is 2. The van der Waals surface area contributed by atoms with Crippen LogP contribution in [0.3, 0.4) is 0 Å². The molecule has 4 amide bonds. The Bertz CT molecular complexity index is 1950. The molecule has 48 heavy (non-hydrogen) atoms. The number of hydrogen-bond donors (Lipinski definition) is 2. The summed E-state index contributed by atoms with van der Waals surface area (Å²) in [6, 6.07) is 12.1. The van der Waals surface area contributed by atoms with Crippen LogP contribution in [0.5, 0.6) is 5.75 Å². The Hall–Kier alpha value is -4.42. The molecule has 2 aliphatic heterocycles. The highest BCUT2D eigenvalue weighted by molar-refractivity contribution is 6.33. The number of para-hydroxylation sites is 1. The van der Waals surface area contributed by atoms with E-state index in [9.17, 15) is 32.7 Å². The molecule has 14 heteroatoms. The summed E-state index contributed by atoms with van der Waals surface area (Å²) in [7, 11) is 1.42. The third-order valence-corrected chi connectivity index (χ3v) is 10.9. The highest BCUT2D eigenvalue weighted by atomic mass is 35.5. The van der Waals surface area contributed by atoms with E-state index in [2.05, 4.69) is 10.4 Å². The third kappa shape index (κ3) is 4.48. The normalized spacial score (nSPS) is 28.3. The second kappa shape index (κ2) is 11.1. The summed E-state index contributed by atoms with van der Waals surface area (Å²) in [6.45, 7) is 1.69. The van der Waals surface area contributed by atoms with Crippen LogP contribution in [0.4, 0.5) is 19.0 Å². The standard InChI is InChI=1S/C34H27Cl2F3N4O5/c1-15-4-3-5-21(27(15)44)26-19-10-11-20-25(31(47)42(2)29(20)45)22(19)13-23-30(46)43(32(48)33(23,26)16-6-8-18(35)9-7-16)41-28-24(36)12-17(14-40-28)34(37,38)39/h3-10,12,14,20,22-23,25-26,44H,11,13H2,1-2H3,(H,40,41). The minimum atomic E-state index is -4.74. The van der Waals surface area contributed by atoms with Gasteiger partial charge in [0.05, 0.1) is 33.8 Å². The number of anilines is 1. The fraction of sp³-hybridized carbons (Fsp3) is 0.324. The Morgan fingerprint density at radius 2 is 1.71 bits per heavy atom. The van der Waals surface area contributed by atoms with E-state index < -0.39 is 63.6 Å². The van der Waals surface area contributed by atoms with Crippen LogP contribution in [0.2, 0.25) is 10.0 Å². The smallest absolute Gasteiger partial charge is 0.417 e. The lowest BCUT2D eigenvalue weighted by Gasteiger charge is -2.50. The minimum Gasteiger partial charge on any atom is -0.507 e. The Balaban J connectivity index is 1.46. The fourth-order valence-electron chi connectivity index (χ4n) is 8.20. The van der Waals surface area contributed by atoms with Crippen LogP contribution in [-0.2, 0) is 30.8 Å². The number of nitrogens with zero attached hydrogens (tertiary/aromatic N) is 3. The molecule has 2 aromatic carbocycles. The second-order valence-electron chi connectivity index (χ2n) is 12.7. The molecule has 248 valence electrons. The number of rotatable bonds is 4. The zero-order valence-electron chi connectivity index (χ0n) is 25.4. The molecular formula is C34H27Cl2F3N4O5. The van der Waals surface area contributed by atoms with Crippen LogP contribution in [0.1, 0.15) is 41.0 Å². The van der Waals surface area contributed by atoms with Crippen molar-refractivity contribution in [1.82, 2.24) is 14.9 Å². The van der Waals surface area contributed by atoms with Crippen LogP contribution in [0.15, 0.2) is 66.4 Å². The van der Waals surface area contributed by atoms with Crippen LogP contribution >= 0.6 is 23.2 Å². The minimum absolute atomic E-state index is 0.0114. The van der Waals surface area contributed by atoms with E-state index in [0.717, 1.165) is 4.90 Å². The van der Waals surface area contributed by atoms with Crippen molar-refractivity contribution in [2.45, 2.75) is 37.3 Å². The molecule has 2 N–H and O–H groups in total. The van der Waals surface area contributed by atoms with Crippen molar-refractivity contribution in [2.75, 3.05) is 12.5 Å². The predicted molar refractivity (Wildman–Crippen MR) is 167 cm³/mol. The number of likely N-dealkylation sites (tertiary alicyclic amines) is 1. The number of pyridine rings is 1. The third-order valence-electron chi connectivity index (χ3n) is 10.4. The highest BCUT2D eigenvalue weighted by Gasteiger charge is 2.70. The Morgan fingerprint density at radius 3 is 2.38 bits per heavy atom. The van der Waals surface area contributed by atoms with Gasteiger partial charge in [0.15, 0.2) is 5.82 Å². The molecule has 3 heterocycles. The average molecular weight is 700 g/mol. The average Bonchev–Trinajstić information content (AvgIpc) is 3.39. The van der Waals surface area contributed by atoms with Crippen molar-refractivity contribution in [3.05, 3.63) is 98.7 Å². The molecule has 3 fully saturated rings. The number of aryl methyl sites for hydroxylation is 1. The van der Waals surface area contributed by atoms with Crippen molar-refractivity contribution in [3.63, 3.8) is 0 Å². The molecule has 9 nitrogen and oxygen atoms in total. The molecule has 0 radical (unpaired) electrons. The number of carbonyl (C=O) groups is 4. The van der Waals surface area contributed by atoms with Crippen LogP contribution in [0.25, 0.3) is 0 Å². The molecule has 1 saturated carbocycles. The van der Waals surface area contributed by atoms with Crippen LogP contribution in [-0.4, -0.2) is 50.7 Å². The number of fused-ring (bicyclic) bond motifs is 4. The molecule has 2 aliphatic carbocycles. The number of hydrogen-bond acceptors (Lipinski definition) is 7. The van der Waals surface area contributed by atoms with E-state index in [1.807, 2.05) is 6.08 Å². The van der Waals surface area contributed by atoms with Gasteiger partial charge >= 0.3 is 6.18 Å². The monoisotopic (exact) mass is 698 g/mol. The molecule has 2 saturated heterocycles. The van der Waals surface area contributed by atoms with E-state index in [1.165, 1.54) is 7.05 Å². The van der Waals surface area contributed by atoms with Gasteiger partial charge in [0.2, 0.25) is 11.8 Å². The van der Waals surface area contributed by atoms with Gasteiger partial charge in [-0.3, -0.25) is 29.5 Å². The SMILES string of the molecule is Cc1cccc(C2C3=CCC4C(=O)N(C)C(=O)C4C3CC3C(=O)N(Nc4ncc(C(F)(F)F)cc4Cl)C(=O)C32c2ccc(Cl)cc2)c1O. The molecule has 3 aromatic rings. The molecule has 6 unspecified atom stereocenters. The zero-order valence-corrected chi connectivity index (χ0v) is 26.9. The van der Waals surface area contributed by atoms with Crippen molar-refractivity contribution in [2.24, 2.45) is 23.7 Å². The van der Waals surface area contributed by atoms with Gasteiger partial charge < -0.3 is 5.11 Å². The topological polar surface area (TPSA) is 120 Å². The molecule has 4 aliphatic rings. The number of hydrazine groups is 1. The van der Waals surface area contributed by atoms with Crippen molar-refractivity contribution >= 4 is 52.6 Å². The van der Waals surface area contributed by atoms with Gasteiger partial charge in [-0.1, -0.05) is 65.2 Å². The number of alkyl halides is 3. The largest absolute Gasteiger partial charge is 0.507 e. The van der Waals surface area contributed by atoms with Crippen LogP contribution in [0, 0.1) is 30.6 Å². The fourth-order valence-corrected chi connectivity index (χ4v) is 8.53. The van der Waals surface area contributed by atoms with Gasteiger partial charge in [-0.15, -0.1) is 0 Å². The molecule has 1 aromatic heterocycles. The van der Waals surface area contributed by atoms with Gasteiger partial charge in [-0.2, -0.15) is 18.2 Å².